The van der Waals surface area contributed by atoms with E-state index in [1.165, 1.54) is 25.1 Å². The maximum absolute atomic E-state index is 13.3. The number of rotatable bonds is 10. The monoisotopic (exact) mass is 531 g/mol. The smallest absolute Gasteiger partial charge is 0.313 e. The van der Waals surface area contributed by atoms with Gasteiger partial charge in [0.05, 0.1) is 20.1 Å². The number of halogens is 2. The predicted molar refractivity (Wildman–Crippen MR) is 141 cm³/mol. The third kappa shape index (κ3) is 6.83. The highest BCUT2D eigenvalue weighted by molar-refractivity contribution is 6.35. The summed E-state index contributed by atoms with van der Waals surface area (Å²) in [5.74, 6) is 0.699. The standard InChI is InChI=1S/C28H31Cl2NO5/c1-17(2)12-19-6-8-20(9-7-19)18(3)28(32)36-26(14-22-23(29)15-31(33)16-24(22)30)21-10-11-25(34-4)27(13-21)35-5/h6-11,13,15-18,26H,12,14H2,1-5H3/t18-,26?/m0/s1. The van der Waals surface area contributed by atoms with Crippen LogP contribution in [0.4, 0.5) is 0 Å². The second-order valence-corrected chi connectivity index (χ2v) is 9.91. The van der Waals surface area contributed by atoms with E-state index in [4.69, 9.17) is 37.4 Å². The quantitative estimate of drug-likeness (QED) is 0.170. The van der Waals surface area contributed by atoms with Crippen LogP contribution in [-0.4, -0.2) is 20.2 Å². The first-order valence-electron chi connectivity index (χ1n) is 11.7. The number of esters is 1. The minimum atomic E-state index is -0.738. The molecule has 0 aliphatic rings. The summed E-state index contributed by atoms with van der Waals surface area (Å²) < 4.78 is 17.3. The van der Waals surface area contributed by atoms with E-state index in [-0.39, 0.29) is 16.5 Å². The lowest BCUT2D eigenvalue weighted by atomic mass is 9.96. The average Bonchev–Trinajstić information content (AvgIpc) is 2.84. The molecule has 0 fully saturated rings. The Bertz CT molecular complexity index is 1170. The maximum atomic E-state index is 13.3. The van der Waals surface area contributed by atoms with Gasteiger partial charge < -0.3 is 19.4 Å². The second-order valence-electron chi connectivity index (χ2n) is 9.10. The molecule has 3 rings (SSSR count). The lowest BCUT2D eigenvalue weighted by molar-refractivity contribution is -0.605. The molecule has 8 heteroatoms. The molecule has 2 aromatic carbocycles. The molecule has 0 amide bonds. The first-order valence-corrected chi connectivity index (χ1v) is 12.5. The number of aromatic nitrogens is 1. The fraction of sp³-hybridized carbons (Fsp3) is 0.357. The van der Waals surface area contributed by atoms with Crippen LogP contribution in [-0.2, 0) is 22.4 Å². The topological polar surface area (TPSA) is 71.7 Å². The zero-order valence-corrected chi connectivity index (χ0v) is 22.6. The van der Waals surface area contributed by atoms with Crippen molar-refractivity contribution in [3.8, 4) is 11.5 Å². The molecule has 192 valence electrons. The van der Waals surface area contributed by atoms with E-state index < -0.39 is 18.0 Å². The van der Waals surface area contributed by atoms with E-state index in [2.05, 4.69) is 13.8 Å². The van der Waals surface area contributed by atoms with E-state index in [0.717, 1.165) is 12.0 Å². The number of benzene rings is 2. The Morgan fingerprint density at radius 3 is 2.03 bits per heavy atom. The molecule has 6 nitrogen and oxygen atoms in total. The summed E-state index contributed by atoms with van der Waals surface area (Å²) in [4.78, 5) is 13.3. The number of nitrogens with zero attached hydrogens (tertiary/aromatic N) is 1. The van der Waals surface area contributed by atoms with Crippen LogP contribution >= 0.6 is 23.2 Å². The highest BCUT2D eigenvalue weighted by atomic mass is 35.5. The van der Waals surface area contributed by atoms with Crippen LogP contribution in [0.2, 0.25) is 10.0 Å². The summed E-state index contributed by atoms with van der Waals surface area (Å²) in [7, 11) is 3.08. The van der Waals surface area contributed by atoms with E-state index in [9.17, 15) is 10.0 Å². The molecule has 0 radical (unpaired) electrons. The van der Waals surface area contributed by atoms with Crippen molar-refractivity contribution in [1.29, 1.82) is 0 Å². The summed E-state index contributed by atoms with van der Waals surface area (Å²) in [6.45, 7) is 6.16. The summed E-state index contributed by atoms with van der Waals surface area (Å²) in [6, 6.07) is 13.3. The van der Waals surface area contributed by atoms with Gasteiger partial charge in [0.2, 0.25) is 0 Å². The number of carbonyl (C=O) groups is 1. The van der Waals surface area contributed by atoms with Crippen molar-refractivity contribution < 1.29 is 23.7 Å². The van der Waals surface area contributed by atoms with Crippen LogP contribution in [0.25, 0.3) is 0 Å². The van der Waals surface area contributed by atoms with E-state index in [1.54, 1.807) is 25.3 Å². The fourth-order valence-electron chi connectivity index (χ4n) is 3.98. The number of ether oxygens (including phenoxy) is 3. The van der Waals surface area contributed by atoms with E-state index in [1.807, 2.05) is 31.2 Å². The SMILES string of the molecule is COc1ccc(C(Cc2c(Cl)c[n+]([O-])cc2Cl)OC(=O)[C@@H](C)c2ccc(CC(C)C)cc2)cc1OC. The van der Waals surface area contributed by atoms with Crippen molar-refractivity contribution in [2.75, 3.05) is 14.2 Å². The third-order valence-electron chi connectivity index (χ3n) is 5.96. The predicted octanol–water partition coefficient (Wildman–Crippen LogP) is 6.47. The van der Waals surface area contributed by atoms with Crippen molar-refractivity contribution in [3.05, 3.63) is 92.4 Å². The number of methoxy groups -OCH3 is 2. The molecule has 0 aliphatic heterocycles. The minimum absolute atomic E-state index is 0.166. The molecule has 0 saturated carbocycles. The molecular weight excluding hydrogens is 501 g/mol. The zero-order chi connectivity index (χ0) is 26.4. The fourth-order valence-corrected chi connectivity index (χ4v) is 4.58. The summed E-state index contributed by atoms with van der Waals surface area (Å²) in [5, 5.41) is 12.1. The second kappa shape index (κ2) is 12.3. The van der Waals surface area contributed by atoms with Crippen molar-refractivity contribution in [2.45, 2.75) is 45.6 Å². The number of hydrogen-bond acceptors (Lipinski definition) is 5. The average molecular weight is 532 g/mol. The molecule has 1 heterocycles. The van der Waals surface area contributed by atoms with Gasteiger partial charge in [-0.05, 0) is 48.1 Å². The van der Waals surface area contributed by atoms with E-state index >= 15 is 0 Å². The van der Waals surface area contributed by atoms with Gasteiger partial charge in [-0.25, -0.2) is 0 Å². The molecule has 1 unspecified atom stereocenters. The van der Waals surface area contributed by atoms with Gasteiger partial charge in [-0.2, -0.15) is 4.73 Å². The van der Waals surface area contributed by atoms with Gasteiger partial charge in [-0.3, -0.25) is 4.79 Å². The Hall–Kier alpha value is -2.96. The summed E-state index contributed by atoms with van der Waals surface area (Å²) in [6.07, 6.45) is 2.84. The molecule has 0 spiro atoms. The molecule has 3 aromatic rings. The molecule has 0 saturated heterocycles. The Balaban J connectivity index is 1.91. The Labute approximate surface area is 222 Å². The normalized spacial score (nSPS) is 12.8. The van der Waals surface area contributed by atoms with Crippen LogP contribution in [0, 0.1) is 11.1 Å². The molecular formula is C28H31Cl2NO5. The Morgan fingerprint density at radius 2 is 1.47 bits per heavy atom. The summed E-state index contributed by atoms with van der Waals surface area (Å²) in [5.41, 5.74) is 3.26. The lowest BCUT2D eigenvalue weighted by Crippen LogP contribution is -2.26. The van der Waals surface area contributed by atoms with Crippen molar-refractivity contribution in [1.82, 2.24) is 0 Å². The summed E-state index contributed by atoms with van der Waals surface area (Å²) >= 11 is 12.7. The number of hydrogen-bond donors (Lipinski definition) is 0. The van der Waals surface area contributed by atoms with Gasteiger partial charge in [-0.1, -0.05) is 67.4 Å². The minimum Gasteiger partial charge on any atom is -0.619 e. The lowest BCUT2D eigenvalue weighted by Gasteiger charge is -2.23. The van der Waals surface area contributed by atoms with Crippen LogP contribution in [0.5, 0.6) is 11.5 Å². The van der Waals surface area contributed by atoms with Gasteiger partial charge >= 0.3 is 5.97 Å². The van der Waals surface area contributed by atoms with Gasteiger partial charge in [0.25, 0.3) is 0 Å². The zero-order valence-electron chi connectivity index (χ0n) is 21.1. The van der Waals surface area contributed by atoms with Crippen LogP contribution in [0.1, 0.15) is 55.0 Å². The molecule has 1 aromatic heterocycles. The van der Waals surface area contributed by atoms with Crippen molar-refractivity contribution in [2.24, 2.45) is 5.92 Å². The molecule has 2 atom stereocenters. The highest BCUT2D eigenvalue weighted by Gasteiger charge is 2.26. The van der Waals surface area contributed by atoms with Crippen LogP contribution < -0.4 is 14.2 Å². The number of pyridine rings is 1. The molecule has 36 heavy (non-hydrogen) atoms. The van der Waals surface area contributed by atoms with E-state index in [0.29, 0.717) is 33.3 Å². The molecule has 0 N–H and O–H groups in total. The molecule has 0 bridgehead atoms. The first kappa shape index (κ1) is 27.6. The van der Waals surface area contributed by atoms with Crippen LogP contribution in [0.15, 0.2) is 54.9 Å². The van der Waals surface area contributed by atoms with Gasteiger partial charge in [-0.15, -0.1) is 0 Å². The third-order valence-corrected chi connectivity index (χ3v) is 6.61. The van der Waals surface area contributed by atoms with Crippen molar-refractivity contribution in [3.63, 3.8) is 0 Å². The van der Waals surface area contributed by atoms with Gasteiger partial charge in [0, 0.05) is 12.0 Å². The molecule has 0 aliphatic carbocycles. The van der Waals surface area contributed by atoms with Crippen molar-refractivity contribution >= 4 is 29.2 Å². The highest BCUT2D eigenvalue weighted by Crippen LogP contribution is 2.36. The van der Waals surface area contributed by atoms with Gasteiger partial charge in [0.1, 0.15) is 16.1 Å². The Morgan fingerprint density at radius 1 is 0.889 bits per heavy atom. The maximum Gasteiger partial charge on any atom is 0.313 e. The first-order chi connectivity index (χ1) is 17.1. The van der Waals surface area contributed by atoms with Crippen LogP contribution in [0.3, 0.4) is 0 Å². The largest absolute Gasteiger partial charge is 0.619 e. The number of carbonyl (C=O) groups excluding carboxylic acids is 1. The Kier molecular flexibility index (Phi) is 9.46. The van der Waals surface area contributed by atoms with Gasteiger partial charge in [0.15, 0.2) is 23.9 Å².